The molecular formula is C7H14O4S2. The van der Waals surface area contributed by atoms with Gasteiger partial charge in [-0.2, -0.15) is 0 Å². The molecule has 0 spiro atoms. The summed E-state index contributed by atoms with van der Waals surface area (Å²) in [7, 11) is 0. The first-order valence-electron chi connectivity index (χ1n) is 4.01. The van der Waals surface area contributed by atoms with Crippen LogP contribution >= 0.6 is 23.5 Å². The summed E-state index contributed by atoms with van der Waals surface area (Å²) < 4.78 is 0. The van der Waals surface area contributed by atoms with Gasteiger partial charge in [0.15, 0.2) is 0 Å². The second-order valence-electron chi connectivity index (χ2n) is 2.92. The van der Waals surface area contributed by atoms with Gasteiger partial charge in [0.2, 0.25) is 0 Å². The minimum absolute atomic E-state index is 0.0406. The van der Waals surface area contributed by atoms with Crippen molar-refractivity contribution in [1.29, 1.82) is 0 Å². The molecule has 0 radical (unpaired) electrons. The molecule has 0 saturated carbocycles. The summed E-state index contributed by atoms with van der Waals surface area (Å²) in [5.41, 5.74) is 0. The molecular weight excluding hydrogens is 212 g/mol. The minimum Gasteiger partial charge on any atom is -0.394 e. The fraction of sp³-hybridized carbons (Fsp3) is 1.00. The first-order chi connectivity index (χ1) is 6.16. The van der Waals surface area contributed by atoms with Crippen LogP contribution in [0.3, 0.4) is 0 Å². The monoisotopic (exact) mass is 226 g/mol. The molecule has 1 aliphatic heterocycles. The van der Waals surface area contributed by atoms with Crippen LogP contribution in [-0.4, -0.2) is 61.4 Å². The predicted octanol–water partition coefficient (Wildman–Crippen LogP) is -1.13. The zero-order valence-corrected chi connectivity index (χ0v) is 8.67. The Morgan fingerprint density at radius 2 is 2.00 bits per heavy atom. The van der Waals surface area contributed by atoms with Gasteiger partial charge in [-0.3, -0.25) is 0 Å². The molecule has 1 aliphatic rings. The van der Waals surface area contributed by atoms with E-state index in [1.54, 1.807) is 23.5 Å². The predicted molar refractivity (Wildman–Crippen MR) is 53.8 cm³/mol. The van der Waals surface area contributed by atoms with Crippen molar-refractivity contribution in [2.24, 2.45) is 0 Å². The van der Waals surface area contributed by atoms with E-state index in [0.717, 1.165) is 10.8 Å². The van der Waals surface area contributed by atoms with Crippen molar-refractivity contribution in [3.05, 3.63) is 0 Å². The zero-order chi connectivity index (χ0) is 9.84. The number of hydrogen-bond donors (Lipinski definition) is 4. The Labute approximate surface area is 85.3 Å². The Balaban J connectivity index is 2.40. The number of rotatable bonds is 4. The van der Waals surface area contributed by atoms with Crippen LogP contribution in [0.25, 0.3) is 0 Å². The van der Waals surface area contributed by atoms with Crippen LogP contribution in [0.4, 0.5) is 0 Å². The number of hydrogen-bond acceptors (Lipinski definition) is 6. The van der Waals surface area contributed by atoms with Gasteiger partial charge in [0.05, 0.1) is 12.7 Å². The molecule has 0 aromatic carbocycles. The molecule has 1 rings (SSSR count). The van der Waals surface area contributed by atoms with Crippen molar-refractivity contribution < 1.29 is 20.4 Å². The topological polar surface area (TPSA) is 80.9 Å². The number of aliphatic hydroxyl groups excluding tert-OH is 4. The van der Waals surface area contributed by atoms with Crippen molar-refractivity contribution >= 4 is 23.5 Å². The molecule has 0 aliphatic carbocycles. The van der Waals surface area contributed by atoms with E-state index in [4.69, 9.17) is 10.2 Å². The van der Waals surface area contributed by atoms with E-state index in [-0.39, 0.29) is 5.25 Å². The van der Waals surface area contributed by atoms with Gasteiger partial charge in [-0.05, 0) is 0 Å². The third-order valence-corrected chi connectivity index (χ3v) is 4.85. The van der Waals surface area contributed by atoms with Gasteiger partial charge in [-0.25, -0.2) is 0 Å². The van der Waals surface area contributed by atoms with Gasteiger partial charge in [0.25, 0.3) is 0 Å². The second-order valence-corrected chi connectivity index (χ2v) is 5.55. The normalized spacial score (nSPS) is 30.0. The molecule has 1 heterocycles. The molecule has 13 heavy (non-hydrogen) atoms. The maximum absolute atomic E-state index is 9.56. The van der Waals surface area contributed by atoms with Crippen LogP contribution in [0.5, 0.6) is 0 Å². The molecule has 0 amide bonds. The summed E-state index contributed by atoms with van der Waals surface area (Å²) in [5.74, 6) is 0.779. The molecule has 4 atom stereocenters. The fourth-order valence-corrected chi connectivity index (χ4v) is 4.03. The summed E-state index contributed by atoms with van der Waals surface area (Å²) in [6, 6.07) is 0. The van der Waals surface area contributed by atoms with Gasteiger partial charge >= 0.3 is 0 Å². The lowest BCUT2D eigenvalue weighted by molar-refractivity contribution is -0.0744. The van der Waals surface area contributed by atoms with Crippen LogP contribution in [0.2, 0.25) is 0 Å². The molecule has 1 fully saturated rings. The maximum Gasteiger partial charge on any atom is 0.109 e. The van der Waals surface area contributed by atoms with E-state index >= 15 is 0 Å². The highest BCUT2D eigenvalue weighted by atomic mass is 32.2. The first-order valence-corrected chi connectivity index (χ1v) is 6.21. The second kappa shape index (κ2) is 5.43. The average Bonchev–Trinajstić information content (AvgIpc) is 2.67. The summed E-state index contributed by atoms with van der Waals surface area (Å²) in [6.07, 6.45) is -3.45. The quantitative estimate of drug-likeness (QED) is 0.485. The molecule has 4 unspecified atom stereocenters. The van der Waals surface area contributed by atoms with Gasteiger partial charge in [-0.1, -0.05) is 0 Å². The van der Waals surface area contributed by atoms with E-state index in [2.05, 4.69) is 0 Å². The molecule has 78 valence electrons. The highest BCUT2D eigenvalue weighted by molar-refractivity contribution is 8.19. The molecule has 0 bridgehead atoms. The van der Waals surface area contributed by atoms with Crippen molar-refractivity contribution in [2.45, 2.75) is 23.6 Å². The van der Waals surface area contributed by atoms with Crippen LogP contribution in [0.15, 0.2) is 0 Å². The lowest BCUT2D eigenvalue weighted by Gasteiger charge is -2.25. The number of thioether (sulfide) groups is 2. The minimum atomic E-state index is -1.25. The largest absolute Gasteiger partial charge is 0.394 e. The van der Waals surface area contributed by atoms with Crippen LogP contribution in [-0.2, 0) is 0 Å². The Morgan fingerprint density at radius 3 is 2.46 bits per heavy atom. The maximum atomic E-state index is 9.56. The Bertz CT molecular complexity index is 151. The van der Waals surface area contributed by atoms with Crippen LogP contribution in [0, 0.1) is 0 Å². The van der Waals surface area contributed by atoms with Crippen molar-refractivity contribution in [3.8, 4) is 0 Å². The molecule has 6 heteroatoms. The SMILES string of the molecule is OCC(O)C(O)C(O)C1CSCS1. The highest BCUT2D eigenvalue weighted by Gasteiger charge is 2.33. The standard InChI is InChI=1S/C7H14O4S2/c8-1-4(9)6(10)7(11)5-2-12-3-13-5/h4-11H,1-3H2. The van der Waals surface area contributed by atoms with E-state index in [1.165, 1.54) is 0 Å². The summed E-state index contributed by atoms with van der Waals surface area (Å²) in [6.45, 7) is -0.525. The lowest BCUT2D eigenvalue weighted by Crippen LogP contribution is -2.44. The number of aliphatic hydroxyl groups is 4. The Morgan fingerprint density at radius 1 is 1.31 bits per heavy atom. The smallest absolute Gasteiger partial charge is 0.109 e. The molecule has 4 nitrogen and oxygen atoms in total. The molecule has 0 aromatic heterocycles. The van der Waals surface area contributed by atoms with Crippen LogP contribution in [0.1, 0.15) is 0 Å². The van der Waals surface area contributed by atoms with Gasteiger partial charge in [0.1, 0.15) is 12.2 Å². The fourth-order valence-electron chi connectivity index (χ4n) is 1.10. The van der Waals surface area contributed by atoms with E-state index in [9.17, 15) is 10.2 Å². The van der Waals surface area contributed by atoms with Gasteiger partial charge in [0, 0.05) is 16.1 Å². The van der Waals surface area contributed by atoms with E-state index in [0.29, 0.717) is 0 Å². The lowest BCUT2D eigenvalue weighted by atomic mass is 10.1. The summed E-state index contributed by atoms with van der Waals surface area (Å²) in [5, 5.41) is 37.4. The highest BCUT2D eigenvalue weighted by Crippen LogP contribution is 2.32. The van der Waals surface area contributed by atoms with E-state index < -0.39 is 24.9 Å². The van der Waals surface area contributed by atoms with Gasteiger partial charge < -0.3 is 20.4 Å². The summed E-state index contributed by atoms with van der Waals surface area (Å²) in [4.78, 5) is 0. The summed E-state index contributed by atoms with van der Waals surface area (Å²) >= 11 is 3.26. The average molecular weight is 226 g/mol. The van der Waals surface area contributed by atoms with E-state index in [1.807, 2.05) is 0 Å². The third kappa shape index (κ3) is 3.00. The Hall–Kier alpha value is 0.540. The van der Waals surface area contributed by atoms with Crippen molar-refractivity contribution in [2.75, 3.05) is 17.4 Å². The Kier molecular flexibility index (Phi) is 4.85. The molecule has 1 saturated heterocycles. The molecule has 0 aromatic rings. The third-order valence-electron chi connectivity index (χ3n) is 1.96. The van der Waals surface area contributed by atoms with Crippen molar-refractivity contribution in [1.82, 2.24) is 0 Å². The van der Waals surface area contributed by atoms with Crippen molar-refractivity contribution in [3.63, 3.8) is 0 Å². The first kappa shape index (κ1) is 11.6. The van der Waals surface area contributed by atoms with Crippen LogP contribution < -0.4 is 0 Å². The molecule has 4 N–H and O–H groups in total. The van der Waals surface area contributed by atoms with Gasteiger partial charge in [-0.15, -0.1) is 23.5 Å². The zero-order valence-electron chi connectivity index (χ0n) is 7.04.